The van der Waals surface area contributed by atoms with Gasteiger partial charge in [0.2, 0.25) is 5.91 Å². The third-order valence-electron chi connectivity index (χ3n) is 3.72. The number of aryl methyl sites for hydroxylation is 1. The Kier molecular flexibility index (Phi) is 4.94. The summed E-state index contributed by atoms with van der Waals surface area (Å²) in [6, 6.07) is 4.06. The molecule has 1 amide bonds. The predicted octanol–water partition coefficient (Wildman–Crippen LogP) is 2.91. The summed E-state index contributed by atoms with van der Waals surface area (Å²) in [5.41, 5.74) is 1.26. The van der Waals surface area contributed by atoms with E-state index in [2.05, 4.69) is 24.9 Å². The molecule has 0 aromatic carbocycles. The van der Waals surface area contributed by atoms with Crippen molar-refractivity contribution in [2.24, 2.45) is 11.8 Å². The summed E-state index contributed by atoms with van der Waals surface area (Å²) in [5.74, 6) is 1.61. The lowest BCUT2D eigenvalue weighted by atomic mass is 9.96. The molecule has 19 heavy (non-hydrogen) atoms. The molecular formula is C16H24N2O. The van der Waals surface area contributed by atoms with Crippen LogP contribution in [-0.4, -0.2) is 28.9 Å². The minimum Gasteiger partial charge on any atom is -0.342 e. The van der Waals surface area contributed by atoms with Gasteiger partial charge >= 0.3 is 0 Å². The van der Waals surface area contributed by atoms with Crippen molar-refractivity contribution in [3.8, 4) is 0 Å². The molecule has 2 heterocycles. The van der Waals surface area contributed by atoms with Crippen molar-refractivity contribution in [3.63, 3.8) is 0 Å². The van der Waals surface area contributed by atoms with Crippen LogP contribution in [0.2, 0.25) is 0 Å². The SMILES string of the molecule is CC(C)C[C@H]1CC(=O)N(CCCc2cccnc2)C1. The van der Waals surface area contributed by atoms with Gasteiger partial charge in [-0.3, -0.25) is 9.78 Å². The van der Waals surface area contributed by atoms with Crippen molar-refractivity contribution in [1.29, 1.82) is 0 Å². The summed E-state index contributed by atoms with van der Waals surface area (Å²) in [7, 11) is 0. The quantitative estimate of drug-likeness (QED) is 0.788. The first-order valence-electron chi connectivity index (χ1n) is 7.32. The van der Waals surface area contributed by atoms with Crippen LogP contribution in [0.15, 0.2) is 24.5 Å². The minimum atomic E-state index is 0.344. The van der Waals surface area contributed by atoms with E-state index in [9.17, 15) is 4.79 Å². The highest BCUT2D eigenvalue weighted by Crippen LogP contribution is 2.24. The summed E-state index contributed by atoms with van der Waals surface area (Å²) in [5, 5.41) is 0. The standard InChI is InChI=1S/C16H24N2O/c1-13(2)9-15-10-16(19)18(12-15)8-4-6-14-5-3-7-17-11-14/h3,5,7,11,13,15H,4,6,8-10,12H2,1-2H3/t15-/m0/s1. The summed E-state index contributed by atoms with van der Waals surface area (Å²) in [6.07, 6.45) is 7.67. The number of carbonyl (C=O) groups is 1. The molecule has 0 N–H and O–H groups in total. The first kappa shape index (κ1) is 14.0. The molecule has 1 atom stereocenters. The highest BCUT2D eigenvalue weighted by atomic mass is 16.2. The molecule has 1 fully saturated rings. The number of likely N-dealkylation sites (tertiary alicyclic amines) is 1. The maximum absolute atomic E-state index is 11.9. The van der Waals surface area contributed by atoms with Crippen molar-refractivity contribution in [2.45, 2.75) is 39.5 Å². The zero-order valence-electron chi connectivity index (χ0n) is 12.0. The van der Waals surface area contributed by atoms with Crippen molar-refractivity contribution in [2.75, 3.05) is 13.1 Å². The van der Waals surface area contributed by atoms with E-state index in [1.54, 1.807) is 6.20 Å². The topological polar surface area (TPSA) is 33.2 Å². The van der Waals surface area contributed by atoms with Crippen LogP contribution in [0.5, 0.6) is 0 Å². The van der Waals surface area contributed by atoms with Gasteiger partial charge in [0.25, 0.3) is 0 Å². The van der Waals surface area contributed by atoms with E-state index in [0.717, 1.165) is 32.4 Å². The first-order chi connectivity index (χ1) is 9.15. The molecule has 3 nitrogen and oxygen atoms in total. The third-order valence-corrected chi connectivity index (χ3v) is 3.72. The lowest BCUT2D eigenvalue weighted by molar-refractivity contribution is -0.127. The minimum absolute atomic E-state index is 0.344. The molecule has 0 aliphatic carbocycles. The molecule has 0 spiro atoms. The number of rotatable bonds is 6. The molecule has 0 bridgehead atoms. The Hall–Kier alpha value is -1.38. The van der Waals surface area contributed by atoms with Gasteiger partial charge in [0.1, 0.15) is 0 Å². The Morgan fingerprint density at radius 3 is 3.00 bits per heavy atom. The lowest BCUT2D eigenvalue weighted by Crippen LogP contribution is -2.26. The second-order valence-electron chi connectivity index (χ2n) is 6.00. The van der Waals surface area contributed by atoms with Crippen LogP contribution in [0.25, 0.3) is 0 Å². The molecule has 3 heteroatoms. The first-order valence-corrected chi connectivity index (χ1v) is 7.32. The van der Waals surface area contributed by atoms with E-state index in [4.69, 9.17) is 0 Å². The smallest absolute Gasteiger partial charge is 0.222 e. The average molecular weight is 260 g/mol. The van der Waals surface area contributed by atoms with Crippen molar-refractivity contribution >= 4 is 5.91 Å². The van der Waals surface area contributed by atoms with E-state index in [0.29, 0.717) is 17.7 Å². The van der Waals surface area contributed by atoms with E-state index < -0.39 is 0 Å². The highest BCUT2D eigenvalue weighted by Gasteiger charge is 2.29. The average Bonchev–Trinajstić information content (AvgIpc) is 2.70. The molecule has 1 aromatic heterocycles. The van der Waals surface area contributed by atoms with E-state index in [1.165, 1.54) is 12.0 Å². The number of hydrogen-bond acceptors (Lipinski definition) is 2. The van der Waals surface area contributed by atoms with Crippen molar-refractivity contribution in [1.82, 2.24) is 9.88 Å². The van der Waals surface area contributed by atoms with Gasteiger partial charge in [0.15, 0.2) is 0 Å². The Balaban J connectivity index is 1.73. The molecule has 1 aliphatic heterocycles. The molecule has 1 aromatic rings. The van der Waals surface area contributed by atoms with Gasteiger partial charge in [0, 0.05) is 31.9 Å². The fraction of sp³-hybridized carbons (Fsp3) is 0.625. The van der Waals surface area contributed by atoms with Gasteiger partial charge in [-0.15, -0.1) is 0 Å². The predicted molar refractivity (Wildman–Crippen MR) is 76.7 cm³/mol. The Morgan fingerprint density at radius 1 is 1.47 bits per heavy atom. The zero-order valence-corrected chi connectivity index (χ0v) is 12.0. The van der Waals surface area contributed by atoms with Crippen LogP contribution in [0.4, 0.5) is 0 Å². The van der Waals surface area contributed by atoms with Crippen LogP contribution >= 0.6 is 0 Å². The van der Waals surface area contributed by atoms with Crippen LogP contribution in [0, 0.1) is 11.8 Å². The Bertz CT molecular complexity index is 402. The fourth-order valence-electron chi connectivity index (χ4n) is 2.91. The van der Waals surface area contributed by atoms with Gasteiger partial charge in [-0.2, -0.15) is 0 Å². The monoisotopic (exact) mass is 260 g/mol. The fourth-order valence-corrected chi connectivity index (χ4v) is 2.91. The highest BCUT2D eigenvalue weighted by molar-refractivity contribution is 5.78. The number of hydrogen-bond donors (Lipinski definition) is 0. The van der Waals surface area contributed by atoms with Crippen LogP contribution in [0.3, 0.4) is 0 Å². The van der Waals surface area contributed by atoms with Crippen molar-refractivity contribution in [3.05, 3.63) is 30.1 Å². The maximum atomic E-state index is 11.9. The Morgan fingerprint density at radius 2 is 2.32 bits per heavy atom. The zero-order chi connectivity index (χ0) is 13.7. The maximum Gasteiger partial charge on any atom is 0.222 e. The number of aromatic nitrogens is 1. The third kappa shape index (κ3) is 4.34. The molecule has 0 radical (unpaired) electrons. The molecular weight excluding hydrogens is 236 g/mol. The van der Waals surface area contributed by atoms with E-state index >= 15 is 0 Å². The molecule has 1 saturated heterocycles. The normalized spacial score (nSPS) is 19.4. The summed E-state index contributed by atoms with van der Waals surface area (Å²) < 4.78 is 0. The number of pyridine rings is 1. The van der Waals surface area contributed by atoms with Gasteiger partial charge in [-0.05, 0) is 42.7 Å². The largest absolute Gasteiger partial charge is 0.342 e. The van der Waals surface area contributed by atoms with Gasteiger partial charge in [-0.1, -0.05) is 19.9 Å². The number of nitrogens with zero attached hydrogens (tertiary/aromatic N) is 2. The van der Waals surface area contributed by atoms with Gasteiger partial charge in [-0.25, -0.2) is 0 Å². The molecule has 1 aliphatic rings. The van der Waals surface area contributed by atoms with Gasteiger partial charge < -0.3 is 4.90 Å². The number of amides is 1. The molecule has 0 saturated carbocycles. The molecule has 2 rings (SSSR count). The van der Waals surface area contributed by atoms with E-state index in [-0.39, 0.29) is 0 Å². The van der Waals surface area contributed by atoms with Crippen LogP contribution < -0.4 is 0 Å². The second kappa shape index (κ2) is 6.69. The van der Waals surface area contributed by atoms with Crippen LogP contribution in [0.1, 0.15) is 38.7 Å². The van der Waals surface area contributed by atoms with Crippen LogP contribution in [-0.2, 0) is 11.2 Å². The summed E-state index contributed by atoms with van der Waals surface area (Å²) in [4.78, 5) is 18.1. The van der Waals surface area contributed by atoms with E-state index in [1.807, 2.05) is 17.2 Å². The van der Waals surface area contributed by atoms with Crippen molar-refractivity contribution < 1.29 is 4.79 Å². The lowest BCUT2D eigenvalue weighted by Gasteiger charge is -2.17. The molecule has 0 unspecified atom stereocenters. The summed E-state index contributed by atoms with van der Waals surface area (Å²) >= 11 is 0. The second-order valence-corrected chi connectivity index (χ2v) is 6.00. The number of carbonyl (C=O) groups excluding carboxylic acids is 1. The summed E-state index contributed by atoms with van der Waals surface area (Å²) in [6.45, 7) is 6.32. The van der Waals surface area contributed by atoms with Gasteiger partial charge in [0.05, 0.1) is 0 Å². The molecule has 104 valence electrons. The Labute approximate surface area is 116 Å².